The standard InChI is InChI=1S/C17H15Cl2N3O3/c1-10(8-16(24)20-13-5-2-11(18)3-6-13)21-22-17(25)14-9-12(19)4-7-15(14)23/h2-7,9,23H,8H2,1H3,(H,20,24)(H,22,25). The number of phenolic OH excluding ortho intramolecular Hbond substituents is 1. The molecule has 0 aromatic heterocycles. The second-order valence-corrected chi connectivity index (χ2v) is 6.05. The predicted molar refractivity (Wildman–Crippen MR) is 98.4 cm³/mol. The molecule has 0 saturated heterocycles. The Hall–Kier alpha value is -2.57. The SMILES string of the molecule is CC(CC(=O)Nc1ccc(Cl)cc1)=NNC(=O)c1cc(Cl)ccc1O. The minimum Gasteiger partial charge on any atom is -0.507 e. The van der Waals surface area contributed by atoms with E-state index in [9.17, 15) is 14.7 Å². The fourth-order valence-corrected chi connectivity index (χ4v) is 2.20. The van der Waals surface area contributed by atoms with Crippen LogP contribution >= 0.6 is 23.2 Å². The molecule has 0 aliphatic heterocycles. The lowest BCUT2D eigenvalue weighted by Gasteiger charge is -2.06. The van der Waals surface area contributed by atoms with Gasteiger partial charge in [0.2, 0.25) is 5.91 Å². The van der Waals surface area contributed by atoms with E-state index in [1.54, 1.807) is 31.2 Å². The van der Waals surface area contributed by atoms with Crippen molar-refractivity contribution < 1.29 is 14.7 Å². The van der Waals surface area contributed by atoms with Crippen LogP contribution in [-0.2, 0) is 4.79 Å². The van der Waals surface area contributed by atoms with E-state index in [0.29, 0.717) is 21.4 Å². The van der Waals surface area contributed by atoms with Gasteiger partial charge >= 0.3 is 0 Å². The Labute approximate surface area is 154 Å². The molecular weight excluding hydrogens is 365 g/mol. The number of carbonyl (C=O) groups is 2. The number of hydrazone groups is 1. The summed E-state index contributed by atoms with van der Waals surface area (Å²) >= 11 is 11.6. The van der Waals surface area contributed by atoms with Gasteiger partial charge in [-0.05, 0) is 49.4 Å². The van der Waals surface area contributed by atoms with Gasteiger partial charge in [-0.1, -0.05) is 23.2 Å². The summed E-state index contributed by atoms with van der Waals surface area (Å²) in [6.07, 6.45) is -0.00949. The van der Waals surface area contributed by atoms with E-state index in [-0.39, 0.29) is 23.6 Å². The van der Waals surface area contributed by atoms with Gasteiger partial charge in [0.25, 0.3) is 5.91 Å². The molecule has 2 amide bonds. The Bertz CT molecular complexity index is 820. The Morgan fingerprint density at radius 2 is 1.72 bits per heavy atom. The number of benzene rings is 2. The molecule has 2 rings (SSSR count). The number of anilines is 1. The van der Waals surface area contributed by atoms with Gasteiger partial charge in [0.1, 0.15) is 5.75 Å². The highest BCUT2D eigenvalue weighted by atomic mass is 35.5. The second-order valence-electron chi connectivity index (χ2n) is 5.18. The minimum atomic E-state index is -0.627. The maximum Gasteiger partial charge on any atom is 0.275 e. The Kier molecular flexibility index (Phi) is 6.38. The molecule has 0 heterocycles. The lowest BCUT2D eigenvalue weighted by Crippen LogP contribution is -2.21. The van der Waals surface area contributed by atoms with Crippen molar-refractivity contribution >= 4 is 46.4 Å². The van der Waals surface area contributed by atoms with Crippen LogP contribution in [0, 0.1) is 0 Å². The van der Waals surface area contributed by atoms with Crippen LogP contribution in [0.5, 0.6) is 5.75 Å². The highest BCUT2D eigenvalue weighted by molar-refractivity contribution is 6.31. The first-order chi connectivity index (χ1) is 11.8. The lowest BCUT2D eigenvalue weighted by atomic mass is 10.2. The molecule has 130 valence electrons. The van der Waals surface area contributed by atoms with Crippen LogP contribution in [0.4, 0.5) is 5.69 Å². The Morgan fingerprint density at radius 1 is 1.08 bits per heavy atom. The molecule has 8 heteroatoms. The van der Waals surface area contributed by atoms with Crippen LogP contribution in [0.3, 0.4) is 0 Å². The second kappa shape index (κ2) is 8.50. The molecule has 0 unspecified atom stereocenters. The summed E-state index contributed by atoms with van der Waals surface area (Å²) in [5.74, 6) is -1.13. The molecule has 0 spiro atoms. The van der Waals surface area contributed by atoms with Gasteiger partial charge in [0, 0.05) is 21.4 Å². The highest BCUT2D eigenvalue weighted by Crippen LogP contribution is 2.21. The number of nitrogens with one attached hydrogen (secondary N) is 2. The first kappa shape index (κ1) is 18.8. The summed E-state index contributed by atoms with van der Waals surface area (Å²) in [4.78, 5) is 23.9. The van der Waals surface area contributed by atoms with Crippen molar-refractivity contribution in [3.63, 3.8) is 0 Å². The fourth-order valence-electron chi connectivity index (χ4n) is 1.91. The molecule has 25 heavy (non-hydrogen) atoms. The third kappa shape index (κ3) is 5.77. The van der Waals surface area contributed by atoms with Gasteiger partial charge in [0.15, 0.2) is 0 Å². The van der Waals surface area contributed by atoms with Crippen LogP contribution in [0.25, 0.3) is 0 Å². The van der Waals surface area contributed by atoms with Crippen molar-refractivity contribution in [1.82, 2.24) is 5.43 Å². The quantitative estimate of drug-likeness (QED) is 0.544. The maximum atomic E-state index is 12.0. The highest BCUT2D eigenvalue weighted by Gasteiger charge is 2.11. The van der Waals surface area contributed by atoms with Crippen LogP contribution in [0.2, 0.25) is 10.0 Å². The molecule has 0 atom stereocenters. The third-order valence-corrected chi connectivity index (χ3v) is 3.58. The number of halogens is 2. The van der Waals surface area contributed by atoms with Crippen molar-refractivity contribution in [3.8, 4) is 5.75 Å². The lowest BCUT2D eigenvalue weighted by molar-refractivity contribution is -0.115. The zero-order valence-electron chi connectivity index (χ0n) is 13.2. The zero-order chi connectivity index (χ0) is 18.4. The van der Waals surface area contributed by atoms with Crippen molar-refractivity contribution in [1.29, 1.82) is 0 Å². The van der Waals surface area contributed by atoms with E-state index < -0.39 is 5.91 Å². The van der Waals surface area contributed by atoms with Crippen molar-refractivity contribution in [2.75, 3.05) is 5.32 Å². The van der Waals surface area contributed by atoms with Crippen molar-refractivity contribution in [2.24, 2.45) is 5.10 Å². The Balaban J connectivity index is 1.92. The summed E-state index contributed by atoms with van der Waals surface area (Å²) in [6.45, 7) is 1.60. The normalized spacial score (nSPS) is 11.1. The summed E-state index contributed by atoms with van der Waals surface area (Å²) in [6, 6.07) is 10.8. The predicted octanol–water partition coefficient (Wildman–Crippen LogP) is 3.83. The summed E-state index contributed by atoms with van der Waals surface area (Å²) in [7, 11) is 0. The van der Waals surface area contributed by atoms with Gasteiger partial charge in [0.05, 0.1) is 12.0 Å². The van der Waals surface area contributed by atoms with E-state index in [0.717, 1.165) is 0 Å². The molecule has 0 aliphatic carbocycles. The largest absolute Gasteiger partial charge is 0.507 e. The van der Waals surface area contributed by atoms with Gasteiger partial charge in [-0.25, -0.2) is 5.43 Å². The zero-order valence-corrected chi connectivity index (χ0v) is 14.7. The van der Waals surface area contributed by atoms with Crippen LogP contribution in [0.15, 0.2) is 47.6 Å². The number of carbonyl (C=O) groups excluding carboxylic acids is 2. The maximum absolute atomic E-state index is 12.0. The van der Waals surface area contributed by atoms with Crippen LogP contribution in [0.1, 0.15) is 23.7 Å². The molecule has 0 saturated carbocycles. The molecule has 0 bridgehead atoms. The van der Waals surface area contributed by atoms with Crippen molar-refractivity contribution in [2.45, 2.75) is 13.3 Å². The first-order valence-corrected chi connectivity index (χ1v) is 7.98. The van der Waals surface area contributed by atoms with E-state index in [2.05, 4.69) is 15.8 Å². The Morgan fingerprint density at radius 3 is 2.40 bits per heavy atom. The number of nitrogens with zero attached hydrogens (tertiary/aromatic N) is 1. The molecule has 2 aromatic rings. The first-order valence-electron chi connectivity index (χ1n) is 7.22. The molecule has 3 N–H and O–H groups in total. The number of hydrogen-bond acceptors (Lipinski definition) is 4. The van der Waals surface area contributed by atoms with Crippen LogP contribution < -0.4 is 10.7 Å². The molecule has 2 aromatic carbocycles. The average molecular weight is 380 g/mol. The third-order valence-electron chi connectivity index (χ3n) is 3.10. The smallest absolute Gasteiger partial charge is 0.275 e. The van der Waals surface area contributed by atoms with E-state index in [1.165, 1.54) is 18.2 Å². The van der Waals surface area contributed by atoms with E-state index in [1.807, 2.05) is 0 Å². The van der Waals surface area contributed by atoms with Crippen molar-refractivity contribution in [3.05, 3.63) is 58.1 Å². The average Bonchev–Trinajstić information content (AvgIpc) is 2.57. The number of hydrogen-bond donors (Lipinski definition) is 3. The molecule has 0 radical (unpaired) electrons. The van der Waals surface area contributed by atoms with Gasteiger partial charge < -0.3 is 10.4 Å². The number of rotatable bonds is 5. The molecule has 6 nitrogen and oxygen atoms in total. The van der Waals surface area contributed by atoms with Gasteiger partial charge in [-0.3, -0.25) is 9.59 Å². The minimum absolute atomic E-state index is 0.00494. The monoisotopic (exact) mass is 379 g/mol. The summed E-state index contributed by atoms with van der Waals surface area (Å²) in [5.41, 5.74) is 3.27. The van der Waals surface area contributed by atoms with Gasteiger partial charge in [-0.2, -0.15) is 5.10 Å². The summed E-state index contributed by atoms with van der Waals surface area (Å²) < 4.78 is 0. The topological polar surface area (TPSA) is 90.8 Å². The number of amides is 2. The van der Waals surface area contributed by atoms with E-state index in [4.69, 9.17) is 23.2 Å². The van der Waals surface area contributed by atoms with E-state index >= 15 is 0 Å². The molecular formula is C17H15Cl2N3O3. The van der Waals surface area contributed by atoms with Crippen LogP contribution in [-0.4, -0.2) is 22.6 Å². The fraction of sp³-hybridized carbons (Fsp3) is 0.118. The summed E-state index contributed by atoms with van der Waals surface area (Å²) in [5, 5.41) is 17.1. The number of aromatic hydroxyl groups is 1. The number of phenols is 1. The van der Waals surface area contributed by atoms with Gasteiger partial charge in [-0.15, -0.1) is 0 Å². The molecule has 0 aliphatic rings. The molecule has 0 fully saturated rings.